The molecule has 2 aromatic carbocycles. The van der Waals surface area contributed by atoms with Gasteiger partial charge in [0.25, 0.3) is 5.69 Å². The highest BCUT2D eigenvalue weighted by atomic mass is 16.6. The van der Waals surface area contributed by atoms with Crippen molar-refractivity contribution < 1.29 is 14.1 Å². The van der Waals surface area contributed by atoms with E-state index in [0.717, 1.165) is 10.9 Å². The van der Waals surface area contributed by atoms with Crippen LogP contribution in [0.25, 0.3) is 11.0 Å². The average molecular weight is 337 g/mol. The smallest absolute Gasteiger partial charge is 0.307 e. The molecular weight excluding hydrogens is 322 g/mol. The van der Waals surface area contributed by atoms with Crippen LogP contribution in [0.5, 0.6) is 0 Å². The fraction of sp³-hybridized carbons (Fsp3) is 0.111. The van der Waals surface area contributed by atoms with Crippen LogP contribution in [0.15, 0.2) is 58.0 Å². The number of nitrogens with one attached hydrogen (secondary N) is 1. The third-order valence-corrected chi connectivity index (χ3v) is 3.85. The maximum absolute atomic E-state index is 12.3. The minimum absolute atomic E-state index is 0.0356. The molecule has 0 saturated heterocycles. The number of benzene rings is 2. The quantitative estimate of drug-likeness (QED) is 0.445. The molecule has 0 spiro atoms. The van der Waals surface area contributed by atoms with Gasteiger partial charge in [-0.1, -0.05) is 30.3 Å². The number of amides is 1. The molecule has 0 aliphatic carbocycles. The van der Waals surface area contributed by atoms with E-state index in [0.29, 0.717) is 16.9 Å². The van der Waals surface area contributed by atoms with Crippen LogP contribution in [-0.4, -0.2) is 16.5 Å². The van der Waals surface area contributed by atoms with Crippen LogP contribution in [0, 0.1) is 17.0 Å². The second-order valence-electron chi connectivity index (χ2n) is 5.50. The van der Waals surface area contributed by atoms with Crippen LogP contribution in [0.4, 0.5) is 5.69 Å². The number of carbonyl (C=O) groups is 1. The Hall–Kier alpha value is -3.48. The number of furan rings is 1. The molecule has 0 atom stereocenters. The molecule has 0 unspecified atom stereocenters. The zero-order valence-corrected chi connectivity index (χ0v) is 13.6. The Morgan fingerprint density at radius 3 is 2.68 bits per heavy atom. The van der Waals surface area contributed by atoms with Gasteiger partial charge in [0.2, 0.25) is 0 Å². The molecule has 0 bridgehead atoms. The molecule has 3 aromatic rings. The van der Waals surface area contributed by atoms with Gasteiger partial charge in [-0.2, -0.15) is 5.10 Å². The van der Waals surface area contributed by atoms with Crippen LogP contribution in [0.1, 0.15) is 28.6 Å². The van der Waals surface area contributed by atoms with Crippen molar-refractivity contribution in [2.24, 2.45) is 5.10 Å². The second kappa shape index (κ2) is 6.56. The van der Waals surface area contributed by atoms with Crippen LogP contribution in [0.3, 0.4) is 0 Å². The average Bonchev–Trinajstić information content (AvgIpc) is 2.96. The van der Waals surface area contributed by atoms with Crippen LogP contribution in [0.2, 0.25) is 0 Å². The largest absolute Gasteiger partial charge is 0.451 e. The van der Waals surface area contributed by atoms with E-state index in [9.17, 15) is 14.9 Å². The molecule has 0 radical (unpaired) electrons. The van der Waals surface area contributed by atoms with Gasteiger partial charge in [-0.05, 0) is 19.9 Å². The Kier molecular flexibility index (Phi) is 4.30. The number of hydrazone groups is 1. The first-order chi connectivity index (χ1) is 12.0. The van der Waals surface area contributed by atoms with E-state index in [1.54, 1.807) is 32.0 Å². The molecule has 1 aromatic heterocycles. The lowest BCUT2D eigenvalue weighted by molar-refractivity contribution is -0.384. The lowest BCUT2D eigenvalue weighted by atomic mass is 10.1. The standard InChI is InChI=1S/C18H15N3O4/c1-11-15-8-3-4-9-16(15)25-17(11)18(22)20-19-12(2)13-6-5-7-14(10-13)21(23)24/h3-10H,1-2H3,(H,20,22)/b19-12-. The molecule has 7 heteroatoms. The van der Waals surface area contributed by atoms with Crippen molar-refractivity contribution >= 4 is 28.3 Å². The van der Waals surface area contributed by atoms with Crippen molar-refractivity contribution in [1.29, 1.82) is 0 Å². The molecule has 1 heterocycles. The molecule has 7 nitrogen and oxygen atoms in total. The number of aryl methyl sites for hydroxylation is 1. The van der Waals surface area contributed by atoms with E-state index in [4.69, 9.17) is 4.42 Å². The maximum atomic E-state index is 12.3. The van der Waals surface area contributed by atoms with Crippen molar-refractivity contribution in [3.05, 3.63) is 75.5 Å². The molecule has 1 amide bonds. The number of fused-ring (bicyclic) bond motifs is 1. The summed E-state index contributed by atoms with van der Waals surface area (Å²) in [5, 5.41) is 15.7. The van der Waals surface area contributed by atoms with Crippen molar-refractivity contribution in [2.45, 2.75) is 13.8 Å². The Bertz CT molecular complexity index is 1000. The molecular formula is C18H15N3O4. The topological polar surface area (TPSA) is 97.7 Å². The van der Waals surface area contributed by atoms with E-state index in [1.165, 1.54) is 12.1 Å². The van der Waals surface area contributed by atoms with Gasteiger partial charge in [-0.25, -0.2) is 5.43 Å². The third-order valence-electron chi connectivity index (χ3n) is 3.85. The van der Waals surface area contributed by atoms with Crippen LogP contribution in [-0.2, 0) is 0 Å². The number of para-hydroxylation sites is 1. The van der Waals surface area contributed by atoms with Crippen LogP contribution < -0.4 is 5.43 Å². The van der Waals surface area contributed by atoms with Gasteiger partial charge >= 0.3 is 5.91 Å². The molecule has 0 saturated carbocycles. The number of nitro benzene ring substituents is 1. The van der Waals surface area contributed by atoms with Gasteiger partial charge in [-0.15, -0.1) is 0 Å². The maximum Gasteiger partial charge on any atom is 0.307 e. The number of non-ortho nitro benzene ring substituents is 1. The normalized spacial score (nSPS) is 11.5. The predicted octanol–water partition coefficient (Wildman–Crippen LogP) is 3.80. The number of carbonyl (C=O) groups excluding carboxylic acids is 1. The molecule has 25 heavy (non-hydrogen) atoms. The Balaban J connectivity index is 1.82. The first kappa shape index (κ1) is 16.4. The summed E-state index contributed by atoms with van der Waals surface area (Å²) in [6.07, 6.45) is 0. The summed E-state index contributed by atoms with van der Waals surface area (Å²) in [4.78, 5) is 22.7. The number of hydrogen-bond donors (Lipinski definition) is 1. The summed E-state index contributed by atoms with van der Waals surface area (Å²) in [5.41, 5.74) is 4.76. The summed E-state index contributed by atoms with van der Waals surface area (Å²) < 4.78 is 5.58. The minimum atomic E-state index is -0.479. The molecule has 3 rings (SSSR count). The van der Waals surface area contributed by atoms with Gasteiger partial charge in [0.1, 0.15) is 5.58 Å². The SMILES string of the molecule is C/C(=N/NC(=O)c1oc2ccccc2c1C)c1cccc([N+](=O)[O-])c1. The van der Waals surface area contributed by atoms with Crippen molar-refractivity contribution in [3.63, 3.8) is 0 Å². The van der Waals surface area contributed by atoms with Gasteiger partial charge in [0.15, 0.2) is 5.76 Å². The fourth-order valence-corrected chi connectivity index (χ4v) is 2.49. The Morgan fingerprint density at radius 1 is 1.20 bits per heavy atom. The van der Waals surface area contributed by atoms with Gasteiger partial charge in [-0.3, -0.25) is 14.9 Å². The summed E-state index contributed by atoms with van der Waals surface area (Å²) in [6.45, 7) is 3.46. The highest BCUT2D eigenvalue weighted by molar-refractivity contribution is 6.02. The molecule has 0 fully saturated rings. The van der Waals surface area contributed by atoms with E-state index >= 15 is 0 Å². The summed E-state index contributed by atoms with van der Waals surface area (Å²) >= 11 is 0. The zero-order chi connectivity index (χ0) is 18.0. The molecule has 126 valence electrons. The number of hydrogen-bond acceptors (Lipinski definition) is 5. The lowest BCUT2D eigenvalue weighted by Gasteiger charge is -2.02. The van der Waals surface area contributed by atoms with Gasteiger partial charge in [0.05, 0.1) is 10.6 Å². The minimum Gasteiger partial charge on any atom is -0.451 e. The lowest BCUT2D eigenvalue weighted by Crippen LogP contribution is -2.19. The highest BCUT2D eigenvalue weighted by Gasteiger charge is 2.17. The summed E-state index contributed by atoms with van der Waals surface area (Å²) in [5.74, 6) is -0.282. The van der Waals surface area contributed by atoms with E-state index in [2.05, 4.69) is 10.5 Å². The van der Waals surface area contributed by atoms with E-state index < -0.39 is 10.8 Å². The third kappa shape index (κ3) is 3.25. The molecule has 0 aliphatic rings. The number of rotatable bonds is 4. The Morgan fingerprint density at radius 2 is 1.96 bits per heavy atom. The molecule has 0 aliphatic heterocycles. The number of nitrogens with zero attached hydrogens (tertiary/aromatic N) is 2. The second-order valence-corrected chi connectivity index (χ2v) is 5.50. The van der Waals surface area contributed by atoms with Crippen LogP contribution >= 0.6 is 0 Å². The summed E-state index contributed by atoms with van der Waals surface area (Å²) in [7, 11) is 0. The van der Waals surface area contributed by atoms with Crippen molar-refractivity contribution in [3.8, 4) is 0 Å². The monoisotopic (exact) mass is 337 g/mol. The number of nitro groups is 1. The molecule has 1 N–H and O–H groups in total. The van der Waals surface area contributed by atoms with Gasteiger partial charge < -0.3 is 4.42 Å². The van der Waals surface area contributed by atoms with Crippen molar-refractivity contribution in [1.82, 2.24) is 5.43 Å². The predicted molar refractivity (Wildman–Crippen MR) is 93.7 cm³/mol. The zero-order valence-electron chi connectivity index (χ0n) is 13.6. The Labute approximate surface area is 143 Å². The van der Waals surface area contributed by atoms with Gasteiger partial charge in [0, 0.05) is 28.6 Å². The summed E-state index contributed by atoms with van der Waals surface area (Å²) in [6, 6.07) is 13.4. The fourth-order valence-electron chi connectivity index (χ4n) is 2.49. The highest BCUT2D eigenvalue weighted by Crippen LogP contribution is 2.24. The van der Waals surface area contributed by atoms with Crippen molar-refractivity contribution in [2.75, 3.05) is 0 Å². The first-order valence-electron chi connectivity index (χ1n) is 7.55. The first-order valence-corrected chi connectivity index (χ1v) is 7.55. The van der Waals surface area contributed by atoms with E-state index in [-0.39, 0.29) is 11.4 Å². The van der Waals surface area contributed by atoms with E-state index in [1.807, 2.05) is 18.2 Å².